The molecule has 70 valence electrons. The van der Waals surface area contributed by atoms with Gasteiger partial charge in [-0.3, -0.25) is 0 Å². The number of rotatable bonds is 7. The Morgan fingerprint density at radius 3 is 2.67 bits per heavy atom. The van der Waals surface area contributed by atoms with Gasteiger partial charge in [0.15, 0.2) is 0 Å². The van der Waals surface area contributed by atoms with Crippen LogP contribution in [0.5, 0.6) is 0 Å². The fraction of sp³-hybridized carbons (Fsp3) is 0.636. The molecular weight excluding hydrogens is 148 g/mol. The van der Waals surface area contributed by atoms with Crippen molar-refractivity contribution in [1.82, 2.24) is 0 Å². The summed E-state index contributed by atoms with van der Waals surface area (Å²) in [5.74, 6) is 0.785. The molecule has 12 heavy (non-hydrogen) atoms. The topological polar surface area (TPSA) is 9.23 Å². The molecule has 0 N–H and O–H groups in total. The Kier molecular flexibility index (Phi) is 7.87. The number of hydrogen-bond donors (Lipinski definition) is 0. The van der Waals surface area contributed by atoms with Crippen molar-refractivity contribution in [2.75, 3.05) is 6.61 Å². The van der Waals surface area contributed by atoms with Gasteiger partial charge in [0.25, 0.3) is 0 Å². The summed E-state index contributed by atoms with van der Waals surface area (Å²) in [5.41, 5.74) is 0. The van der Waals surface area contributed by atoms with Crippen molar-refractivity contribution in [3.8, 4) is 0 Å². The first-order chi connectivity index (χ1) is 5.81. The predicted molar refractivity (Wildman–Crippen MR) is 54.0 cm³/mol. The van der Waals surface area contributed by atoms with E-state index in [2.05, 4.69) is 26.5 Å². The average Bonchev–Trinajstić information content (AvgIpc) is 2.09. The van der Waals surface area contributed by atoms with Crippen LogP contribution in [0.3, 0.4) is 0 Å². The van der Waals surface area contributed by atoms with E-state index < -0.39 is 0 Å². The molecule has 0 saturated carbocycles. The van der Waals surface area contributed by atoms with E-state index in [9.17, 15) is 0 Å². The molecule has 1 heteroatoms. The highest BCUT2D eigenvalue weighted by Gasteiger charge is 1.88. The van der Waals surface area contributed by atoms with Crippen LogP contribution < -0.4 is 0 Å². The Labute approximate surface area is 76.1 Å². The molecule has 0 fully saturated rings. The lowest BCUT2D eigenvalue weighted by Gasteiger charge is -2.03. The van der Waals surface area contributed by atoms with E-state index in [-0.39, 0.29) is 0 Å². The molecule has 0 rings (SSSR count). The van der Waals surface area contributed by atoms with Crippen LogP contribution in [0.15, 0.2) is 24.5 Å². The maximum atomic E-state index is 5.36. The van der Waals surface area contributed by atoms with Crippen LogP contribution in [-0.2, 0) is 4.74 Å². The monoisotopic (exact) mass is 168 g/mol. The van der Waals surface area contributed by atoms with Gasteiger partial charge in [-0.25, -0.2) is 0 Å². The minimum absolute atomic E-state index is 0.785. The van der Waals surface area contributed by atoms with Crippen LogP contribution in [-0.4, -0.2) is 6.61 Å². The Morgan fingerprint density at radius 2 is 2.08 bits per heavy atom. The molecule has 0 aliphatic rings. The largest absolute Gasteiger partial charge is 0.494 e. The minimum Gasteiger partial charge on any atom is -0.494 e. The molecule has 0 heterocycles. The van der Waals surface area contributed by atoms with E-state index in [0.717, 1.165) is 25.2 Å². The van der Waals surface area contributed by atoms with Crippen molar-refractivity contribution >= 4 is 0 Å². The molecule has 0 amide bonds. The third-order valence-corrected chi connectivity index (χ3v) is 1.57. The summed E-state index contributed by atoms with van der Waals surface area (Å²) in [7, 11) is 0. The molecule has 0 radical (unpaired) electrons. The molecule has 0 bridgehead atoms. The van der Waals surface area contributed by atoms with E-state index >= 15 is 0 Å². The minimum atomic E-state index is 0.785. The van der Waals surface area contributed by atoms with Gasteiger partial charge in [-0.2, -0.15) is 0 Å². The van der Waals surface area contributed by atoms with E-state index in [0.29, 0.717) is 0 Å². The molecule has 0 spiro atoms. The summed E-state index contributed by atoms with van der Waals surface area (Å²) >= 11 is 0. The lowest BCUT2D eigenvalue weighted by Crippen LogP contribution is -1.91. The third-order valence-electron chi connectivity index (χ3n) is 1.57. The predicted octanol–water partition coefficient (Wildman–Crippen LogP) is 3.67. The number of hydrogen-bond acceptors (Lipinski definition) is 1. The smallest absolute Gasteiger partial charge is 0.111 e. The van der Waals surface area contributed by atoms with Crippen LogP contribution in [0, 0.1) is 0 Å². The van der Waals surface area contributed by atoms with Gasteiger partial charge in [0.05, 0.1) is 6.61 Å². The second-order valence-electron chi connectivity index (χ2n) is 2.83. The molecule has 0 aromatic rings. The van der Waals surface area contributed by atoms with Crippen LogP contribution in [0.1, 0.15) is 39.5 Å². The standard InChI is InChI=1S/C11H20O/c1-4-6-8-10-12-11(3)9-7-5-2/h7,9H,3-6,8,10H2,1-2H3/b9-7-. The molecule has 0 aromatic heterocycles. The maximum Gasteiger partial charge on any atom is 0.111 e. The van der Waals surface area contributed by atoms with Crippen molar-refractivity contribution in [3.05, 3.63) is 24.5 Å². The van der Waals surface area contributed by atoms with Gasteiger partial charge < -0.3 is 4.74 Å². The van der Waals surface area contributed by atoms with E-state index in [1.807, 2.05) is 6.08 Å². The fourth-order valence-corrected chi connectivity index (χ4v) is 0.853. The summed E-state index contributed by atoms with van der Waals surface area (Å²) in [4.78, 5) is 0. The highest BCUT2D eigenvalue weighted by molar-refractivity contribution is 5.06. The SMILES string of the molecule is C=C(/C=C\CC)OCCCCC. The second kappa shape index (κ2) is 8.38. The molecule has 0 aliphatic carbocycles. The summed E-state index contributed by atoms with van der Waals surface area (Å²) in [6, 6.07) is 0. The van der Waals surface area contributed by atoms with Crippen LogP contribution in [0.25, 0.3) is 0 Å². The van der Waals surface area contributed by atoms with Crippen LogP contribution in [0.2, 0.25) is 0 Å². The molecule has 0 aromatic carbocycles. The Hall–Kier alpha value is -0.720. The van der Waals surface area contributed by atoms with Gasteiger partial charge in [0.2, 0.25) is 0 Å². The first-order valence-electron chi connectivity index (χ1n) is 4.79. The third kappa shape index (κ3) is 7.39. The van der Waals surface area contributed by atoms with Crippen LogP contribution >= 0.6 is 0 Å². The van der Waals surface area contributed by atoms with Gasteiger partial charge in [-0.1, -0.05) is 39.3 Å². The van der Waals surface area contributed by atoms with Gasteiger partial charge in [0, 0.05) is 0 Å². The van der Waals surface area contributed by atoms with Crippen molar-refractivity contribution < 1.29 is 4.74 Å². The summed E-state index contributed by atoms with van der Waals surface area (Å²) < 4.78 is 5.36. The Balaban J connectivity index is 3.25. The normalized spacial score (nSPS) is 10.5. The van der Waals surface area contributed by atoms with E-state index in [4.69, 9.17) is 4.74 Å². The van der Waals surface area contributed by atoms with Crippen molar-refractivity contribution in [2.45, 2.75) is 39.5 Å². The molecule has 0 atom stereocenters. The van der Waals surface area contributed by atoms with Crippen molar-refractivity contribution in [1.29, 1.82) is 0 Å². The van der Waals surface area contributed by atoms with Gasteiger partial charge >= 0.3 is 0 Å². The van der Waals surface area contributed by atoms with Crippen LogP contribution in [0.4, 0.5) is 0 Å². The zero-order valence-corrected chi connectivity index (χ0v) is 8.31. The lowest BCUT2D eigenvalue weighted by atomic mass is 10.3. The molecule has 0 unspecified atom stereocenters. The number of ether oxygens (including phenoxy) is 1. The summed E-state index contributed by atoms with van der Waals surface area (Å²) in [6.45, 7) is 8.87. The van der Waals surface area contributed by atoms with Gasteiger partial charge in [0.1, 0.15) is 5.76 Å². The summed E-state index contributed by atoms with van der Waals surface area (Å²) in [6.07, 6.45) is 8.65. The highest BCUT2D eigenvalue weighted by Crippen LogP contribution is 2.00. The van der Waals surface area contributed by atoms with E-state index in [1.165, 1.54) is 12.8 Å². The molecule has 0 aliphatic heterocycles. The van der Waals surface area contributed by atoms with Crippen molar-refractivity contribution in [2.24, 2.45) is 0 Å². The quantitative estimate of drug-likeness (QED) is 0.320. The lowest BCUT2D eigenvalue weighted by molar-refractivity contribution is 0.219. The van der Waals surface area contributed by atoms with E-state index in [1.54, 1.807) is 0 Å². The fourth-order valence-electron chi connectivity index (χ4n) is 0.853. The molecular formula is C11H20O. The van der Waals surface area contributed by atoms with Gasteiger partial charge in [-0.15, -0.1) is 0 Å². The summed E-state index contributed by atoms with van der Waals surface area (Å²) in [5, 5.41) is 0. The molecule has 1 nitrogen and oxygen atoms in total. The molecule has 0 saturated heterocycles. The van der Waals surface area contributed by atoms with Crippen molar-refractivity contribution in [3.63, 3.8) is 0 Å². The number of unbranched alkanes of at least 4 members (excludes halogenated alkanes) is 2. The number of allylic oxidation sites excluding steroid dienone is 2. The zero-order chi connectivity index (χ0) is 9.23. The first kappa shape index (κ1) is 11.3. The average molecular weight is 168 g/mol. The Bertz CT molecular complexity index is 136. The maximum absolute atomic E-state index is 5.36. The van der Waals surface area contributed by atoms with Gasteiger partial charge in [-0.05, 0) is 18.9 Å². The zero-order valence-electron chi connectivity index (χ0n) is 8.31. The highest BCUT2D eigenvalue weighted by atomic mass is 16.5. The first-order valence-corrected chi connectivity index (χ1v) is 4.79. The second-order valence-corrected chi connectivity index (χ2v) is 2.83. The Morgan fingerprint density at radius 1 is 1.33 bits per heavy atom.